The Balaban J connectivity index is 0.892. The molecule has 7 N–H and O–H groups in total. The van der Waals surface area contributed by atoms with Gasteiger partial charge in [-0.25, -0.2) is 22.8 Å². The van der Waals surface area contributed by atoms with Crippen LogP contribution in [0.25, 0.3) is 21.7 Å². The Hall–Kier alpha value is -7.53. The summed E-state index contributed by atoms with van der Waals surface area (Å²) in [5, 5.41) is 15.8. The topological polar surface area (TPSA) is 253 Å². The fourth-order valence-corrected chi connectivity index (χ4v) is 9.33. The number of alkyl halides is 2. The van der Waals surface area contributed by atoms with E-state index in [-0.39, 0.29) is 77.2 Å². The van der Waals surface area contributed by atoms with Gasteiger partial charge in [-0.1, -0.05) is 63.2 Å². The molecule has 0 saturated carbocycles. The van der Waals surface area contributed by atoms with E-state index in [4.69, 9.17) is 15.2 Å². The van der Waals surface area contributed by atoms with Crippen LogP contribution in [0, 0.1) is 18.2 Å². The maximum atomic E-state index is 14.0. The Labute approximate surface area is 423 Å². The predicted molar refractivity (Wildman–Crippen MR) is 269 cm³/mol. The van der Waals surface area contributed by atoms with Crippen molar-refractivity contribution in [2.45, 2.75) is 90.8 Å². The van der Waals surface area contributed by atoms with E-state index in [9.17, 15) is 40.8 Å². The lowest BCUT2D eigenvalue weighted by Gasteiger charge is -2.35. The molecule has 2 atom stereocenters. The molecule has 1 fully saturated rings. The number of benzene rings is 3. The smallest absolute Gasteiger partial charge is 0.355 e. The van der Waals surface area contributed by atoms with Crippen molar-refractivity contribution in [2.24, 2.45) is 11.1 Å². The highest BCUT2D eigenvalue weighted by molar-refractivity contribution is 7.93. The maximum Gasteiger partial charge on any atom is 0.355 e. The Bertz CT molecular complexity index is 3020. The minimum Gasteiger partial charge on any atom is -0.492 e. The first-order valence-electron chi connectivity index (χ1n) is 23.2. The van der Waals surface area contributed by atoms with Crippen molar-refractivity contribution in [1.29, 1.82) is 0 Å². The number of pyridine rings is 1. The third-order valence-corrected chi connectivity index (χ3v) is 13.8. The summed E-state index contributed by atoms with van der Waals surface area (Å²) < 4.78 is 77.6. The molecule has 0 radical (unpaired) electrons. The molecular formula is C50H55F3N10O8S2. The minimum atomic E-state index is -5.10. The average molecular weight is 1050 g/mol. The highest BCUT2D eigenvalue weighted by atomic mass is 32.2. The van der Waals surface area contributed by atoms with Crippen LogP contribution in [-0.2, 0) is 37.6 Å². The molecule has 73 heavy (non-hydrogen) atoms. The highest BCUT2D eigenvalue weighted by Crippen LogP contribution is 2.36. The number of anilines is 3. The van der Waals surface area contributed by atoms with Gasteiger partial charge in [0.2, 0.25) is 17.7 Å². The number of H-pyrrole nitrogens is 1. The molecule has 6 aromatic rings. The number of amides is 4. The number of likely N-dealkylation sites (tertiary alicyclic amines) is 1. The van der Waals surface area contributed by atoms with Gasteiger partial charge in [-0.3, -0.25) is 29.0 Å². The van der Waals surface area contributed by atoms with Crippen molar-refractivity contribution in [2.75, 3.05) is 23.2 Å². The standard InChI is InChI=1S/C50H55F3N10O8S2/c1-29-43(72-28-57-29)32-14-10-30(11-15-32)25-56-47(66)37-8-7-22-63(37)48(67)44(50(2,3)4)59-40(64)9-5-6-23-70-35-19-21-39(55-26-35)58-46-41(45(54)65)42(60-61-46)33-16-20-36(62-73(68,69)49(52)53)38(24-33)71-27-31-12-17-34(51)18-13-31/h10-21,24,26,28,37,44,49,62H,5-9,22-23,25,27H2,1-4H3,(H2,54,65)(H,56,66)(H,59,64)(H2,55,58,60,61). The quantitative estimate of drug-likeness (QED) is 0.0356. The highest BCUT2D eigenvalue weighted by Gasteiger charge is 2.42. The number of primary amides is 1. The fraction of sp³-hybridized carbons (Fsp3) is 0.340. The number of hydrogen-bond donors (Lipinski definition) is 6. The number of nitrogens with zero attached hydrogens (tertiary/aromatic N) is 4. The largest absolute Gasteiger partial charge is 0.492 e. The van der Waals surface area contributed by atoms with E-state index < -0.39 is 45.0 Å². The first-order chi connectivity index (χ1) is 34.8. The van der Waals surface area contributed by atoms with Crippen LogP contribution in [0.15, 0.2) is 90.6 Å². The third-order valence-electron chi connectivity index (χ3n) is 11.8. The van der Waals surface area contributed by atoms with E-state index in [1.54, 1.807) is 33.1 Å². The van der Waals surface area contributed by atoms with E-state index >= 15 is 0 Å². The molecule has 4 amide bonds. The van der Waals surface area contributed by atoms with Crippen molar-refractivity contribution in [3.8, 4) is 33.2 Å². The van der Waals surface area contributed by atoms with Gasteiger partial charge in [0.05, 0.1) is 34.6 Å². The molecule has 0 aliphatic carbocycles. The molecule has 4 heterocycles. The Kier molecular flexibility index (Phi) is 17.0. The summed E-state index contributed by atoms with van der Waals surface area (Å²) in [7, 11) is -5.10. The monoisotopic (exact) mass is 1040 g/mol. The van der Waals surface area contributed by atoms with Crippen LogP contribution >= 0.6 is 11.3 Å². The van der Waals surface area contributed by atoms with Gasteiger partial charge in [-0.15, -0.1) is 11.3 Å². The minimum absolute atomic E-state index is 0.0104. The second kappa shape index (κ2) is 23.3. The van der Waals surface area contributed by atoms with Gasteiger partial charge in [-0.05, 0) is 91.1 Å². The molecule has 1 aliphatic heterocycles. The van der Waals surface area contributed by atoms with Crippen LogP contribution in [0.2, 0.25) is 0 Å². The lowest BCUT2D eigenvalue weighted by molar-refractivity contribution is -0.144. The number of aromatic nitrogens is 4. The molecule has 0 bridgehead atoms. The maximum absolute atomic E-state index is 14.0. The zero-order chi connectivity index (χ0) is 52.5. The molecule has 23 heteroatoms. The van der Waals surface area contributed by atoms with Crippen molar-refractivity contribution in [1.82, 2.24) is 35.7 Å². The SMILES string of the molecule is Cc1ncsc1-c1ccc(CNC(=O)C2CCCN2C(=O)C(NC(=O)CCCCOc2ccc(Nc3[nH]nc(-c4ccc(NS(=O)(=O)C(F)F)c(OCc5ccc(F)cc5)c4)c3C(N)=O)nc2)C(C)(C)C)cc1. The van der Waals surface area contributed by atoms with Crippen LogP contribution in [0.3, 0.4) is 0 Å². The van der Waals surface area contributed by atoms with Crippen LogP contribution < -0.4 is 35.9 Å². The normalized spacial score (nSPS) is 14.1. The van der Waals surface area contributed by atoms with E-state index in [2.05, 4.69) is 36.1 Å². The number of aryl methyl sites for hydroxylation is 1. The molecule has 2 unspecified atom stereocenters. The fourth-order valence-electron chi connectivity index (χ4n) is 7.95. The summed E-state index contributed by atoms with van der Waals surface area (Å²) in [4.78, 5) is 64.8. The van der Waals surface area contributed by atoms with E-state index in [1.807, 2.05) is 57.5 Å². The molecule has 386 valence electrons. The van der Waals surface area contributed by atoms with Crippen LogP contribution in [0.1, 0.15) is 80.1 Å². The number of nitrogens with two attached hydrogens (primary N) is 1. The van der Waals surface area contributed by atoms with Gasteiger partial charge in [-0.2, -0.15) is 13.9 Å². The summed E-state index contributed by atoms with van der Waals surface area (Å²) in [5.74, 6) is -5.47. The van der Waals surface area contributed by atoms with E-state index in [0.717, 1.165) is 27.8 Å². The summed E-state index contributed by atoms with van der Waals surface area (Å²) in [6, 6.07) is 18.6. The molecule has 3 aromatic carbocycles. The molecule has 3 aromatic heterocycles. The van der Waals surface area contributed by atoms with Gasteiger partial charge < -0.3 is 36.1 Å². The van der Waals surface area contributed by atoms with E-state index in [1.165, 1.54) is 42.6 Å². The number of rotatable bonds is 22. The summed E-state index contributed by atoms with van der Waals surface area (Å²) >= 11 is 1.57. The molecule has 1 aliphatic rings. The number of nitrogens with one attached hydrogen (secondary N) is 5. The molecule has 18 nitrogen and oxygen atoms in total. The molecule has 7 rings (SSSR count). The Morgan fingerprint density at radius 1 is 0.945 bits per heavy atom. The van der Waals surface area contributed by atoms with E-state index in [0.29, 0.717) is 50.1 Å². The first kappa shape index (κ1) is 53.3. The second-order valence-electron chi connectivity index (χ2n) is 18.3. The van der Waals surface area contributed by atoms with Gasteiger partial charge in [0.1, 0.15) is 58.9 Å². The number of carbonyl (C=O) groups is 4. The molecule has 1 saturated heterocycles. The van der Waals surface area contributed by atoms with Crippen molar-refractivity contribution in [3.05, 3.63) is 119 Å². The zero-order valence-corrected chi connectivity index (χ0v) is 42.0. The van der Waals surface area contributed by atoms with Crippen molar-refractivity contribution >= 4 is 62.3 Å². The average Bonchev–Trinajstić information content (AvgIpc) is 4.13. The number of unbranched alkanes of at least 4 members (excludes halogenated alkanes) is 1. The zero-order valence-electron chi connectivity index (χ0n) is 40.3. The van der Waals surface area contributed by atoms with Gasteiger partial charge in [0, 0.05) is 25.1 Å². The number of sulfonamides is 1. The number of hydrogen-bond acceptors (Lipinski definition) is 13. The second-order valence-corrected chi connectivity index (χ2v) is 20.8. The lowest BCUT2D eigenvalue weighted by atomic mass is 9.85. The number of aromatic amines is 1. The van der Waals surface area contributed by atoms with Crippen molar-refractivity contribution in [3.63, 3.8) is 0 Å². The number of halogens is 3. The Morgan fingerprint density at radius 2 is 1.67 bits per heavy atom. The van der Waals surface area contributed by atoms with Crippen LogP contribution in [0.4, 0.5) is 30.5 Å². The van der Waals surface area contributed by atoms with Gasteiger partial charge in [0.15, 0.2) is 0 Å². The number of carbonyl (C=O) groups excluding carboxylic acids is 4. The summed E-state index contributed by atoms with van der Waals surface area (Å²) in [6.07, 6.45) is 3.72. The first-order valence-corrected chi connectivity index (χ1v) is 25.6. The summed E-state index contributed by atoms with van der Waals surface area (Å²) in [5.41, 5.74) is 10.1. The van der Waals surface area contributed by atoms with Crippen LogP contribution in [0.5, 0.6) is 11.5 Å². The number of ether oxygens (including phenoxy) is 2. The van der Waals surface area contributed by atoms with Gasteiger partial charge in [0.25, 0.3) is 15.9 Å². The van der Waals surface area contributed by atoms with Crippen LogP contribution in [-0.4, -0.2) is 88.1 Å². The molecular weight excluding hydrogens is 990 g/mol. The van der Waals surface area contributed by atoms with Gasteiger partial charge >= 0.3 is 5.76 Å². The number of thiazole rings is 1. The lowest BCUT2D eigenvalue weighted by Crippen LogP contribution is -2.57. The van der Waals surface area contributed by atoms with Crippen molar-refractivity contribution < 1.29 is 50.2 Å². The predicted octanol–water partition coefficient (Wildman–Crippen LogP) is 7.82. The summed E-state index contributed by atoms with van der Waals surface area (Å²) in [6.45, 7) is 8.35. The Morgan fingerprint density at radius 3 is 2.33 bits per heavy atom. The third kappa shape index (κ3) is 13.7. The molecule has 0 spiro atoms.